The predicted molar refractivity (Wildman–Crippen MR) is 78.1 cm³/mol. The van der Waals surface area contributed by atoms with Crippen molar-refractivity contribution in [3.63, 3.8) is 0 Å². The molecule has 1 fully saturated rings. The van der Waals surface area contributed by atoms with Gasteiger partial charge in [-0.3, -0.25) is 0 Å². The third kappa shape index (κ3) is 5.81. The fourth-order valence-corrected chi connectivity index (χ4v) is 2.82. The van der Waals surface area contributed by atoms with Crippen LogP contribution in [0.5, 0.6) is 0 Å². The lowest BCUT2D eigenvalue weighted by Gasteiger charge is -2.32. The second-order valence-electron chi connectivity index (χ2n) is 6.52. The third-order valence-electron chi connectivity index (χ3n) is 4.27. The van der Waals surface area contributed by atoms with Gasteiger partial charge in [-0.15, -0.1) is 0 Å². The Labute approximate surface area is 117 Å². The Morgan fingerprint density at radius 2 is 2.00 bits per heavy atom. The normalized spacial score (nSPS) is 24.0. The summed E-state index contributed by atoms with van der Waals surface area (Å²) in [6.45, 7) is 7.07. The zero-order valence-electron chi connectivity index (χ0n) is 12.7. The molecule has 1 aliphatic carbocycles. The van der Waals surface area contributed by atoms with Gasteiger partial charge in [0.05, 0.1) is 0 Å². The van der Waals surface area contributed by atoms with Gasteiger partial charge in [0, 0.05) is 19.2 Å². The van der Waals surface area contributed by atoms with E-state index >= 15 is 0 Å². The maximum atomic E-state index is 11.9. The first-order chi connectivity index (χ1) is 8.98. The summed E-state index contributed by atoms with van der Waals surface area (Å²) in [7, 11) is 0. The van der Waals surface area contributed by atoms with Crippen molar-refractivity contribution < 1.29 is 9.90 Å². The van der Waals surface area contributed by atoms with Crippen LogP contribution >= 0.6 is 0 Å². The van der Waals surface area contributed by atoms with Crippen molar-refractivity contribution in [2.45, 2.75) is 65.3 Å². The Kier molecular flexibility index (Phi) is 6.63. The van der Waals surface area contributed by atoms with Crippen molar-refractivity contribution in [3.8, 4) is 0 Å². The summed E-state index contributed by atoms with van der Waals surface area (Å²) in [4.78, 5) is 11.9. The summed E-state index contributed by atoms with van der Waals surface area (Å²) in [5.41, 5.74) is -0.0528. The molecule has 2 atom stereocenters. The molecular formula is C15H30N2O2. The lowest BCUT2D eigenvalue weighted by molar-refractivity contribution is 0.193. The first-order valence-corrected chi connectivity index (χ1v) is 7.63. The van der Waals surface area contributed by atoms with Gasteiger partial charge in [0.25, 0.3) is 0 Å². The van der Waals surface area contributed by atoms with Crippen LogP contribution in [0.15, 0.2) is 0 Å². The second-order valence-corrected chi connectivity index (χ2v) is 6.52. The average Bonchev–Trinajstić information content (AvgIpc) is 2.37. The highest BCUT2D eigenvalue weighted by atomic mass is 16.3. The lowest BCUT2D eigenvalue weighted by Crippen LogP contribution is -2.48. The zero-order chi connectivity index (χ0) is 14.3. The number of urea groups is 1. The molecule has 1 aliphatic rings. The molecule has 0 aromatic rings. The predicted octanol–water partition coefficient (Wildman–Crippen LogP) is 2.66. The average molecular weight is 270 g/mol. The molecule has 0 aromatic heterocycles. The van der Waals surface area contributed by atoms with E-state index in [-0.39, 0.29) is 18.1 Å². The molecule has 0 radical (unpaired) electrons. The highest BCUT2D eigenvalue weighted by Crippen LogP contribution is 2.26. The van der Waals surface area contributed by atoms with E-state index < -0.39 is 0 Å². The zero-order valence-corrected chi connectivity index (χ0v) is 12.7. The van der Waals surface area contributed by atoms with Crippen molar-refractivity contribution in [2.75, 3.05) is 13.2 Å². The molecule has 0 heterocycles. The molecule has 3 N–H and O–H groups in total. The van der Waals surface area contributed by atoms with Gasteiger partial charge >= 0.3 is 6.03 Å². The summed E-state index contributed by atoms with van der Waals surface area (Å²) in [6.07, 6.45) is 6.69. The van der Waals surface area contributed by atoms with E-state index in [1.165, 1.54) is 19.3 Å². The maximum absolute atomic E-state index is 11.9. The molecule has 1 rings (SSSR count). The SMILES string of the molecule is CCC1CCCCC1NC(=O)NCC(C)(C)CCO. The molecule has 0 saturated heterocycles. The van der Waals surface area contributed by atoms with Gasteiger partial charge in [-0.05, 0) is 30.6 Å². The Morgan fingerprint density at radius 3 is 2.63 bits per heavy atom. The first kappa shape index (κ1) is 16.3. The second kappa shape index (κ2) is 7.73. The standard InChI is InChI=1S/C15H30N2O2/c1-4-12-7-5-6-8-13(12)17-14(19)16-11-15(2,3)9-10-18/h12-13,18H,4-11H2,1-3H3,(H2,16,17,19). The number of carbonyl (C=O) groups is 1. The van der Waals surface area contributed by atoms with Gasteiger partial charge in [0.2, 0.25) is 0 Å². The summed E-state index contributed by atoms with van der Waals surface area (Å²) in [5, 5.41) is 15.0. The van der Waals surface area contributed by atoms with Crippen molar-refractivity contribution in [1.82, 2.24) is 10.6 Å². The number of rotatable bonds is 6. The van der Waals surface area contributed by atoms with E-state index in [1.807, 2.05) is 0 Å². The monoisotopic (exact) mass is 270 g/mol. The molecule has 2 amide bonds. The summed E-state index contributed by atoms with van der Waals surface area (Å²) >= 11 is 0. The largest absolute Gasteiger partial charge is 0.396 e. The molecule has 0 spiro atoms. The van der Waals surface area contributed by atoms with Crippen LogP contribution in [0, 0.1) is 11.3 Å². The molecule has 2 unspecified atom stereocenters. The van der Waals surface area contributed by atoms with Gasteiger partial charge in [-0.1, -0.05) is 40.0 Å². The maximum Gasteiger partial charge on any atom is 0.315 e. The van der Waals surface area contributed by atoms with Crippen molar-refractivity contribution in [2.24, 2.45) is 11.3 Å². The molecule has 0 aliphatic heterocycles. The number of aliphatic hydroxyl groups excluding tert-OH is 1. The van der Waals surface area contributed by atoms with Gasteiger partial charge in [-0.2, -0.15) is 0 Å². The van der Waals surface area contributed by atoms with Crippen molar-refractivity contribution in [1.29, 1.82) is 0 Å². The topological polar surface area (TPSA) is 61.4 Å². The van der Waals surface area contributed by atoms with Crippen LogP contribution in [0.4, 0.5) is 4.79 Å². The van der Waals surface area contributed by atoms with Gasteiger partial charge in [-0.25, -0.2) is 4.79 Å². The van der Waals surface area contributed by atoms with Crippen LogP contribution < -0.4 is 10.6 Å². The van der Waals surface area contributed by atoms with E-state index in [9.17, 15) is 4.79 Å². The molecule has 0 aromatic carbocycles. The first-order valence-electron chi connectivity index (χ1n) is 7.63. The Hall–Kier alpha value is -0.770. The molecule has 4 nitrogen and oxygen atoms in total. The van der Waals surface area contributed by atoms with Crippen LogP contribution in [0.3, 0.4) is 0 Å². The fourth-order valence-electron chi connectivity index (χ4n) is 2.82. The highest BCUT2D eigenvalue weighted by Gasteiger charge is 2.25. The molecule has 4 heteroatoms. The Balaban J connectivity index is 2.33. The van der Waals surface area contributed by atoms with Gasteiger partial charge in [0.1, 0.15) is 0 Å². The fraction of sp³-hybridized carbons (Fsp3) is 0.933. The lowest BCUT2D eigenvalue weighted by atomic mass is 9.83. The van der Waals surface area contributed by atoms with Crippen LogP contribution in [-0.4, -0.2) is 30.3 Å². The summed E-state index contributed by atoms with van der Waals surface area (Å²) < 4.78 is 0. The van der Waals surface area contributed by atoms with Crippen molar-refractivity contribution in [3.05, 3.63) is 0 Å². The highest BCUT2D eigenvalue weighted by molar-refractivity contribution is 5.74. The summed E-state index contributed by atoms with van der Waals surface area (Å²) in [6, 6.07) is 0.274. The smallest absolute Gasteiger partial charge is 0.315 e. The van der Waals surface area contributed by atoms with E-state index in [2.05, 4.69) is 31.4 Å². The van der Waals surface area contributed by atoms with E-state index in [0.29, 0.717) is 24.9 Å². The van der Waals surface area contributed by atoms with Crippen LogP contribution in [0.1, 0.15) is 59.3 Å². The number of aliphatic hydroxyl groups is 1. The van der Waals surface area contributed by atoms with E-state index in [1.54, 1.807) is 0 Å². The molecule has 19 heavy (non-hydrogen) atoms. The Bertz CT molecular complexity index is 279. The van der Waals surface area contributed by atoms with E-state index in [0.717, 1.165) is 12.8 Å². The third-order valence-corrected chi connectivity index (χ3v) is 4.27. The minimum Gasteiger partial charge on any atom is -0.396 e. The number of hydrogen-bond acceptors (Lipinski definition) is 2. The number of carbonyl (C=O) groups excluding carboxylic acids is 1. The van der Waals surface area contributed by atoms with Crippen molar-refractivity contribution >= 4 is 6.03 Å². The molecule has 0 bridgehead atoms. The van der Waals surface area contributed by atoms with Crippen LogP contribution in [0.2, 0.25) is 0 Å². The number of hydrogen-bond donors (Lipinski definition) is 3. The van der Waals surface area contributed by atoms with E-state index in [4.69, 9.17) is 5.11 Å². The number of amides is 2. The molecule has 112 valence electrons. The summed E-state index contributed by atoms with van der Waals surface area (Å²) in [5.74, 6) is 0.630. The quantitative estimate of drug-likeness (QED) is 0.695. The van der Waals surface area contributed by atoms with Gasteiger partial charge in [0.15, 0.2) is 0 Å². The minimum atomic E-state index is -0.0589. The minimum absolute atomic E-state index is 0.0528. The van der Waals surface area contributed by atoms with Crippen LogP contribution in [0.25, 0.3) is 0 Å². The van der Waals surface area contributed by atoms with Crippen LogP contribution in [-0.2, 0) is 0 Å². The van der Waals surface area contributed by atoms with Gasteiger partial charge < -0.3 is 15.7 Å². The molecule has 1 saturated carbocycles. The number of nitrogens with one attached hydrogen (secondary N) is 2. The molecular weight excluding hydrogens is 240 g/mol. The Morgan fingerprint density at radius 1 is 1.32 bits per heavy atom.